The quantitative estimate of drug-likeness (QED) is 0.350. The Morgan fingerprint density at radius 3 is 2.62 bits per heavy atom. The predicted octanol–water partition coefficient (Wildman–Crippen LogP) is 4.06. The third-order valence-electron chi connectivity index (χ3n) is 4.02. The number of carbonyl (C=O) groups is 2. The van der Waals surface area contributed by atoms with Gasteiger partial charge in [0, 0.05) is 10.9 Å². The second-order valence-electron chi connectivity index (χ2n) is 6.02. The lowest BCUT2D eigenvalue weighted by molar-refractivity contribution is -0.402. The van der Waals surface area contributed by atoms with Crippen molar-refractivity contribution >= 4 is 34.2 Å². The predicted molar refractivity (Wildman–Crippen MR) is 106 cm³/mol. The number of aromatic nitrogens is 1. The number of rotatable bonds is 7. The molecule has 29 heavy (non-hydrogen) atoms. The van der Waals surface area contributed by atoms with Crippen LogP contribution < -0.4 is 5.32 Å². The van der Waals surface area contributed by atoms with Gasteiger partial charge in [0.2, 0.25) is 5.76 Å². The number of hydrogen-bond acceptors (Lipinski definition) is 8. The largest absolute Gasteiger partial charge is 0.447 e. The molecule has 0 saturated carbocycles. The van der Waals surface area contributed by atoms with Crippen LogP contribution in [-0.2, 0) is 16.0 Å². The first-order chi connectivity index (χ1) is 13.9. The maximum atomic E-state index is 12.3. The summed E-state index contributed by atoms with van der Waals surface area (Å²) >= 11 is 1.24. The van der Waals surface area contributed by atoms with Crippen LogP contribution in [0.4, 0.5) is 11.0 Å². The highest BCUT2D eigenvalue weighted by Crippen LogP contribution is 2.25. The molecule has 0 aliphatic rings. The van der Waals surface area contributed by atoms with Crippen molar-refractivity contribution < 1.29 is 23.7 Å². The lowest BCUT2D eigenvalue weighted by atomic mass is 10.1. The standard InChI is InChI=1S/C19H17N3O6S/c1-3-12-4-6-13(7-5-12)14-10-29-19(20-14)21-17(23)11(2)27-18(24)15-8-9-16(28-15)22(25)26/h4-11H,3H2,1-2H3,(H,20,21,23)/t11-/m0/s1. The molecule has 0 bridgehead atoms. The summed E-state index contributed by atoms with van der Waals surface area (Å²) in [6, 6.07) is 10.1. The van der Waals surface area contributed by atoms with E-state index in [1.54, 1.807) is 0 Å². The Morgan fingerprint density at radius 2 is 2.00 bits per heavy atom. The molecular formula is C19H17N3O6S. The van der Waals surface area contributed by atoms with Crippen LogP contribution in [0.5, 0.6) is 0 Å². The normalized spacial score (nSPS) is 11.7. The number of ether oxygens (including phenoxy) is 1. The molecule has 150 valence electrons. The van der Waals surface area contributed by atoms with Crippen molar-refractivity contribution in [3.05, 3.63) is 63.2 Å². The number of thiazole rings is 1. The molecule has 0 aliphatic heterocycles. The second kappa shape index (κ2) is 8.65. The third kappa shape index (κ3) is 4.85. The Kier molecular flexibility index (Phi) is 6.03. The van der Waals surface area contributed by atoms with Gasteiger partial charge in [0.25, 0.3) is 5.91 Å². The van der Waals surface area contributed by atoms with Gasteiger partial charge in [-0.3, -0.25) is 20.2 Å². The summed E-state index contributed by atoms with van der Waals surface area (Å²) < 4.78 is 9.75. The summed E-state index contributed by atoms with van der Waals surface area (Å²) in [5.41, 5.74) is 2.87. The fraction of sp³-hybridized carbons (Fsp3) is 0.211. The lowest BCUT2D eigenvalue weighted by Gasteiger charge is -2.11. The fourth-order valence-corrected chi connectivity index (χ4v) is 3.11. The van der Waals surface area contributed by atoms with E-state index in [2.05, 4.69) is 17.2 Å². The average molecular weight is 415 g/mol. The second-order valence-corrected chi connectivity index (χ2v) is 6.88. The van der Waals surface area contributed by atoms with Crippen LogP contribution in [0.2, 0.25) is 0 Å². The van der Waals surface area contributed by atoms with E-state index in [0.717, 1.165) is 29.8 Å². The number of nitrogens with zero attached hydrogens (tertiary/aromatic N) is 2. The summed E-state index contributed by atoms with van der Waals surface area (Å²) in [7, 11) is 0. The minimum atomic E-state index is -1.15. The van der Waals surface area contributed by atoms with Crippen molar-refractivity contribution in [1.29, 1.82) is 0 Å². The van der Waals surface area contributed by atoms with Gasteiger partial charge in [0.05, 0.1) is 11.8 Å². The van der Waals surface area contributed by atoms with E-state index in [4.69, 9.17) is 9.15 Å². The van der Waals surface area contributed by atoms with Crippen LogP contribution in [0.3, 0.4) is 0 Å². The number of nitro groups is 1. The molecule has 0 spiro atoms. The van der Waals surface area contributed by atoms with E-state index in [0.29, 0.717) is 5.13 Å². The van der Waals surface area contributed by atoms with Crippen molar-refractivity contribution in [2.45, 2.75) is 26.4 Å². The average Bonchev–Trinajstić information content (AvgIpc) is 3.38. The molecule has 0 aliphatic carbocycles. The molecule has 0 unspecified atom stereocenters. The maximum absolute atomic E-state index is 12.3. The number of furan rings is 1. The topological polar surface area (TPSA) is 125 Å². The van der Waals surface area contributed by atoms with E-state index < -0.39 is 28.8 Å². The van der Waals surface area contributed by atoms with Gasteiger partial charge in [-0.15, -0.1) is 11.3 Å². The monoisotopic (exact) mass is 415 g/mol. The fourth-order valence-electron chi connectivity index (χ4n) is 2.39. The number of benzene rings is 1. The van der Waals surface area contributed by atoms with Crippen molar-refractivity contribution in [2.75, 3.05) is 5.32 Å². The Bertz CT molecular complexity index is 1040. The van der Waals surface area contributed by atoms with E-state index >= 15 is 0 Å². The first-order valence-corrected chi connectivity index (χ1v) is 9.56. The summed E-state index contributed by atoms with van der Waals surface area (Å²) in [5.74, 6) is -2.50. The molecule has 0 fully saturated rings. The smallest absolute Gasteiger partial charge is 0.433 e. The van der Waals surface area contributed by atoms with Crippen LogP contribution >= 0.6 is 11.3 Å². The zero-order chi connectivity index (χ0) is 21.0. The van der Waals surface area contributed by atoms with Crippen LogP contribution in [0.15, 0.2) is 46.2 Å². The number of aryl methyl sites for hydroxylation is 1. The summed E-state index contributed by atoms with van der Waals surface area (Å²) in [4.78, 5) is 38.4. The molecule has 3 aromatic rings. The molecular weight excluding hydrogens is 398 g/mol. The van der Waals surface area contributed by atoms with Gasteiger partial charge in [-0.2, -0.15) is 0 Å². The number of nitrogens with one attached hydrogen (secondary N) is 1. The molecule has 2 heterocycles. The van der Waals surface area contributed by atoms with E-state index in [9.17, 15) is 19.7 Å². The third-order valence-corrected chi connectivity index (χ3v) is 4.78. The van der Waals surface area contributed by atoms with Crippen molar-refractivity contribution in [3.63, 3.8) is 0 Å². The van der Waals surface area contributed by atoms with E-state index in [-0.39, 0.29) is 5.76 Å². The maximum Gasteiger partial charge on any atom is 0.433 e. The Morgan fingerprint density at radius 1 is 1.28 bits per heavy atom. The summed E-state index contributed by atoms with van der Waals surface area (Å²) in [5, 5.41) is 15.4. The number of esters is 1. The van der Waals surface area contributed by atoms with E-state index in [1.807, 2.05) is 29.6 Å². The first kappa shape index (κ1) is 20.2. The number of amides is 1. The van der Waals surface area contributed by atoms with Gasteiger partial charge in [-0.05, 0) is 25.0 Å². The van der Waals surface area contributed by atoms with Gasteiger partial charge in [-0.1, -0.05) is 31.2 Å². The van der Waals surface area contributed by atoms with Crippen molar-refractivity contribution in [2.24, 2.45) is 0 Å². The van der Waals surface area contributed by atoms with Gasteiger partial charge in [-0.25, -0.2) is 9.78 Å². The molecule has 1 aromatic carbocycles. The Labute approximate surface area is 169 Å². The molecule has 3 rings (SSSR count). The molecule has 10 heteroatoms. The molecule has 1 amide bonds. The number of anilines is 1. The van der Waals surface area contributed by atoms with Gasteiger partial charge in [0.15, 0.2) is 11.2 Å². The minimum absolute atomic E-state index is 0.358. The summed E-state index contributed by atoms with van der Waals surface area (Å²) in [6.07, 6.45) is -0.205. The molecule has 2 aromatic heterocycles. The highest BCUT2D eigenvalue weighted by molar-refractivity contribution is 7.14. The zero-order valence-corrected chi connectivity index (χ0v) is 16.4. The molecule has 9 nitrogen and oxygen atoms in total. The van der Waals surface area contributed by atoms with E-state index in [1.165, 1.54) is 23.8 Å². The van der Waals surface area contributed by atoms with Crippen LogP contribution in [0.1, 0.15) is 30.0 Å². The Balaban J connectivity index is 1.59. The van der Waals surface area contributed by atoms with Gasteiger partial charge >= 0.3 is 11.9 Å². The summed E-state index contributed by atoms with van der Waals surface area (Å²) in [6.45, 7) is 3.45. The van der Waals surface area contributed by atoms with Crippen LogP contribution in [-0.4, -0.2) is 27.9 Å². The van der Waals surface area contributed by atoms with Gasteiger partial charge < -0.3 is 9.15 Å². The number of hydrogen-bond donors (Lipinski definition) is 1. The van der Waals surface area contributed by atoms with Gasteiger partial charge in [0.1, 0.15) is 4.92 Å². The van der Waals surface area contributed by atoms with Crippen LogP contribution in [0, 0.1) is 10.1 Å². The minimum Gasteiger partial charge on any atom is -0.447 e. The first-order valence-electron chi connectivity index (χ1n) is 8.68. The highest BCUT2D eigenvalue weighted by atomic mass is 32.1. The molecule has 0 radical (unpaired) electrons. The van der Waals surface area contributed by atoms with Crippen molar-refractivity contribution in [1.82, 2.24) is 4.98 Å². The number of carbonyl (C=O) groups excluding carboxylic acids is 2. The zero-order valence-electron chi connectivity index (χ0n) is 15.6. The molecule has 1 N–H and O–H groups in total. The SMILES string of the molecule is CCc1ccc(-c2csc(NC(=O)[C@H](C)OC(=O)c3ccc([N+](=O)[O-])o3)n2)cc1. The Hall–Kier alpha value is -3.53. The van der Waals surface area contributed by atoms with Crippen molar-refractivity contribution in [3.8, 4) is 11.3 Å². The highest BCUT2D eigenvalue weighted by Gasteiger charge is 2.24. The molecule has 0 saturated heterocycles. The van der Waals surface area contributed by atoms with Crippen LogP contribution in [0.25, 0.3) is 11.3 Å². The lowest BCUT2D eigenvalue weighted by Crippen LogP contribution is -2.29. The molecule has 1 atom stereocenters.